The predicted octanol–water partition coefficient (Wildman–Crippen LogP) is 0.569. The van der Waals surface area contributed by atoms with Crippen molar-refractivity contribution < 1.29 is 24.4 Å². The van der Waals surface area contributed by atoms with Gasteiger partial charge in [0.15, 0.2) is 0 Å². The molecule has 0 aliphatic heterocycles. The molecule has 0 spiro atoms. The van der Waals surface area contributed by atoms with Gasteiger partial charge in [-0.05, 0) is 30.9 Å². The number of hydrogen-bond donors (Lipinski definition) is 4. The van der Waals surface area contributed by atoms with Crippen LogP contribution in [-0.4, -0.2) is 62.5 Å². The number of nitrogens with one attached hydrogen (secondary N) is 2. The summed E-state index contributed by atoms with van der Waals surface area (Å²) in [5.41, 5.74) is 1.14. The van der Waals surface area contributed by atoms with Crippen LogP contribution >= 0.6 is 0 Å². The normalized spacial score (nSPS) is 12.3. The van der Waals surface area contributed by atoms with Crippen molar-refractivity contribution in [3.63, 3.8) is 0 Å². The van der Waals surface area contributed by atoms with Gasteiger partial charge in [-0.25, -0.2) is 9.97 Å². The van der Waals surface area contributed by atoms with Crippen LogP contribution in [0.5, 0.6) is 5.88 Å². The van der Waals surface area contributed by atoms with Crippen LogP contribution in [0.3, 0.4) is 0 Å². The first-order chi connectivity index (χ1) is 16.5. The minimum absolute atomic E-state index is 0.0275. The number of carbonyl (C=O) groups excluding carboxylic acids is 2. The van der Waals surface area contributed by atoms with Crippen molar-refractivity contribution in [2.75, 3.05) is 6.61 Å². The molecule has 176 valence electrons. The van der Waals surface area contributed by atoms with E-state index in [-0.39, 0.29) is 18.2 Å². The Morgan fingerprint density at radius 2 is 1.76 bits per heavy atom. The van der Waals surface area contributed by atoms with Gasteiger partial charge >= 0.3 is 7.12 Å². The average molecular weight is 463 g/mol. The fraction of sp³-hybridized carbons (Fsp3) is 0.261. The maximum absolute atomic E-state index is 13.0. The molecular formula is C23H26BN5O5. The summed E-state index contributed by atoms with van der Waals surface area (Å²) in [5.74, 6) is -1.91. The molecule has 4 N–H and O–H groups in total. The van der Waals surface area contributed by atoms with Gasteiger partial charge in [-0.1, -0.05) is 36.4 Å². The van der Waals surface area contributed by atoms with Gasteiger partial charge in [0, 0.05) is 24.7 Å². The van der Waals surface area contributed by atoms with Gasteiger partial charge in [0.05, 0.1) is 12.1 Å². The third-order valence-electron chi connectivity index (χ3n) is 4.96. The first-order valence-corrected chi connectivity index (χ1v) is 10.8. The highest BCUT2D eigenvalue weighted by molar-refractivity contribution is 6.43. The molecule has 0 aliphatic carbocycles. The highest BCUT2D eigenvalue weighted by Gasteiger charge is 2.30. The quantitative estimate of drug-likeness (QED) is 0.285. The Balaban J connectivity index is 1.64. The molecule has 1 aromatic carbocycles. The Morgan fingerprint density at radius 1 is 0.971 bits per heavy atom. The molecule has 2 heterocycles. The van der Waals surface area contributed by atoms with Gasteiger partial charge in [-0.15, -0.1) is 0 Å². The third kappa shape index (κ3) is 7.94. The van der Waals surface area contributed by atoms with E-state index in [0.29, 0.717) is 12.8 Å². The minimum atomic E-state index is -1.77. The van der Waals surface area contributed by atoms with E-state index >= 15 is 0 Å². The lowest BCUT2D eigenvalue weighted by atomic mass is 9.76. The number of amides is 2. The van der Waals surface area contributed by atoms with Gasteiger partial charge < -0.3 is 25.4 Å². The zero-order valence-electron chi connectivity index (χ0n) is 18.4. The van der Waals surface area contributed by atoms with Gasteiger partial charge in [0.25, 0.3) is 5.91 Å². The molecule has 2 atom stereocenters. The fourth-order valence-electron chi connectivity index (χ4n) is 3.18. The predicted molar refractivity (Wildman–Crippen MR) is 125 cm³/mol. The van der Waals surface area contributed by atoms with E-state index < -0.39 is 30.9 Å². The van der Waals surface area contributed by atoms with Gasteiger partial charge in [0.2, 0.25) is 11.8 Å². The molecule has 34 heavy (non-hydrogen) atoms. The maximum Gasteiger partial charge on any atom is 0.475 e. The van der Waals surface area contributed by atoms with Crippen molar-refractivity contribution in [3.05, 3.63) is 84.6 Å². The Bertz CT molecular complexity index is 1030. The summed E-state index contributed by atoms with van der Waals surface area (Å²) in [6.45, 7) is -0.229. The smallest absolute Gasteiger partial charge is 0.475 e. The van der Waals surface area contributed by atoms with E-state index in [9.17, 15) is 19.6 Å². The molecule has 3 aromatic rings. The van der Waals surface area contributed by atoms with Crippen LogP contribution in [-0.2, 0) is 11.2 Å². The van der Waals surface area contributed by atoms with E-state index in [2.05, 4.69) is 25.6 Å². The fourth-order valence-corrected chi connectivity index (χ4v) is 3.18. The zero-order valence-corrected chi connectivity index (χ0v) is 18.4. The summed E-state index contributed by atoms with van der Waals surface area (Å²) in [5, 5.41) is 24.8. The van der Waals surface area contributed by atoms with Crippen LogP contribution in [0.25, 0.3) is 0 Å². The van der Waals surface area contributed by atoms with Crippen LogP contribution in [0, 0.1) is 0 Å². The number of ether oxygens (including phenoxy) is 1. The van der Waals surface area contributed by atoms with Crippen LogP contribution in [0.2, 0.25) is 0 Å². The number of aromatic nitrogens is 3. The molecule has 0 fully saturated rings. The largest absolute Gasteiger partial charge is 0.475 e. The topological polar surface area (TPSA) is 147 Å². The molecule has 0 saturated heterocycles. The summed E-state index contributed by atoms with van der Waals surface area (Å²) in [6.07, 6.45) is 7.25. The Labute approximate surface area is 197 Å². The Kier molecular flexibility index (Phi) is 9.50. The molecule has 10 nitrogen and oxygen atoms in total. The van der Waals surface area contributed by atoms with Crippen molar-refractivity contribution in [1.29, 1.82) is 0 Å². The number of nitrogens with zero attached hydrogens (tertiary/aromatic N) is 3. The second-order valence-electron chi connectivity index (χ2n) is 7.50. The number of carbonyl (C=O) groups is 2. The third-order valence-corrected chi connectivity index (χ3v) is 4.96. The molecule has 0 bridgehead atoms. The Morgan fingerprint density at radius 3 is 2.44 bits per heavy atom. The number of rotatable bonds is 12. The van der Waals surface area contributed by atoms with E-state index in [1.807, 2.05) is 30.3 Å². The van der Waals surface area contributed by atoms with Crippen LogP contribution in [0.15, 0.2) is 73.3 Å². The first kappa shape index (κ1) is 24.8. The minimum Gasteiger partial charge on any atom is -0.475 e. The summed E-state index contributed by atoms with van der Waals surface area (Å²) >= 11 is 0. The monoisotopic (exact) mass is 463 g/mol. The molecular weight excluding hydrogens is 437 g/mol. The lowest BCUT2D eigenvalue weighted by molar-refractivity contribution is -0.124. The number of aryl methyl sites for hydroxylation is 1. The lowest BCUT2D eigenvalue weighted by Crippen LogP contribution is -2.55. The van der Waals surface area contributed by atoms with Crippen molar-refractivity contribution in [3.8, 4) is 5.88 Å². The summed E-state index contributed by atoms with van der Waals surface area (Å²) in [7, 11) is -1.77. The van der Waals surface area contributed by atoms with E-state index in [4.69, 9.17) is 4.74 Å². The molecule has 2 aromatic heterocycles. The van der Waals surface area contributed by atoms with Gasteiger partial charge in [0.1, 0.15) is 18.3 Å². The van der Waals surface area contributed by atoms with E-state index in [1.54, 1.807) is 18.2 Å². The molecule has 3 rings (SSSR count). The van der Waals surface area contributed by atoms with Crippen LogP contribution in [0.1, 0.15) is 28.9 Å². The van der Waals surface area contributed by atoms with Crippen molar-refractivity contribution in [2.24, 2.45) is 0 Å². The van der Waals surface area contributed by atoms with E-state index in [0.717, 1.165) is 12.0 Å². The molecule has 0 radical (unpaired) electrons. The van der Waals surface area contributed by atoms with Crippen LogP contribution < -0.4 is 15.4 Å². The standard InChI is InChI=1S/C23H26BN5O5/c30-22(18-15-25-13-14-26-18)28-19(16-34-21-11-4-5-12-27-21)23(31)29-20(24(32)33)10-6-9-17-7-2-1-3-8-17/h1-5,7-8,11-15,19-20,32-33H,6,9-10,16H2,(H,28,30)(H,29,31)/t19?,20-/m0/s1. The SMILES string of the molecule is O=C(NC(COc1ccccn1)C(=O)N[C@@H](CCCc1ccccc1)B(O)O)c1cnccn1. The Hall–Kier alpha value is -3.83. The summed E-state index contributed by atoms with van der Waals surface area (Å²) in [4.78, 5) is 37.4. The number of hydrogen-bond acceptors (Lipinski definition) is 8. The van der Waals surface area contributed by atoms with Gasteiger partial charge in [-0.3, -0.25) is 14.6 Å². The highest BCUT2D eigenvalue weighted by atomic mass is 16.5. The second kappa shape index (κ2) is 13.0. The highest BCUT2D eigenvalue weighted by Crippen LogP contribution is 2.09. The number of benzene rings is 1. The van der Waals surface area contributed by atoms with Crippen molar-refractivity contribution in [2.45, 2.75) is 31.2 Å². The van der Waals surface area contributed by atoms with Crippen molar-refractivity contribution in [1.82, 2.24) is 25.6 Å². The van der Waals surface area contributed by atoms with Crippen molar-refractivity contribution >= 4 is 18.9 Å². The molecule has 2 amide bonds. The average Bonchev–Trinajstić information content (AvgIpc) is 2.87. The zero-order chi connectivity index (χ0) is 24.2. The second-order valence-corrected chi connectivity index (χ2v) is 7.50. The summed E-state index contributed by atoms with van der Waals surface area (Å²) in [6, 6.07) is 13.7. The summed E-state index contributed by atoms with van der Waals surface area (Å²) < 4.78 is 5.56. The molecule has 11 heteroatoms. The lowest BCUT2D eigenvalue weighted by Gasteiger charge is -2.23. The van der Waals surface area contributed by atoms with Crippen LogP contribution in [0.4, 0.5) is 0 Å². The maximum atomic E-state index is 13.0. The molecule has 0 saturated carbocycles. The number of pyridine rings is 1. The van der Waals surface area contributed by atoms with E-state index in [1.165, 1.54) is 24.8 Å². The van der Waals surface area contributed by atoms with Gasteiger partial charge in [-0.2, -0.15) is 0 Å². The first-order valence-electron chi connectivity index (χ1n) is 10.8. The molecule has 0 aliphatic rings. The molecule has 1 unspecified atom stereocenters.